The molecule has 2 heterocycles. The molecule has 0 saturated heterocycles. The molecule has 0 saturated carbocycles. The largest absolute Gasteiger partial charge is 0.458 e. The van der Waals surface area contributed by atoms with E-state index < -0.39 is 17.2 Å². The average Bonchev–Trinajstić information content (AvgIpc) is 2.66. The minimum Gasteiger partial charge on any atom is -0.458 e. The summed E-state index contributed by atoms with van der Waals surface area (Å²) < 4.78 is 6.44. The second-order valence-corrected chi connectivity index (χ2v) is 6.03. The van der Waals surface area contributed by atoms with Crippen molar-refractivity contribution in [1.29, 1.82) is 0 Å². The van der Waals surface area contributed by atoms with Crippen molar-refractivity contribution in [2.45, 2.75) is 19.9 Å². The first-order chi connectivity index (χ1) is 13.0. The third-order valence-corrected chi connectivity index (χ3v) is 4.18. The SMILES string of the molecule is C=CCOC(=O)c1cc2c(=O)[nH]c(=O)n(CCc3ccccc3)c2nc1C. The molecule has 7 nitrogen and oxygen atoms in total. The van der Waals surface area contributed by atoms with Gasteiger partial charge in [0, 0.05) is 6.54 Å². The molecule has 0 spiro atoms. The summed E-state index contributed by atoms with van der Waals surface area (Å²) >= 11 is 0. The van der Waals surface area contributed by atoms with E-state index in [-0.39, 0.29) is 23.2 Å². The Kier molecular flexibility index (Phi) is 5.30. The number of nitrogens with one attached hydrogen (secondary N) is 1. The highest BCUT2D eigenvalue weighted by molar-refractivity contribution is 5.94. The molecular formula is C20H19N3O4. The van der Waals surface area contributed by atoms with Gasteiger partial charge in [0.05, 0.1) is 16.6 Å². The fraction of sp³-hybridized carbons (Fsp3) is 0.200. The van der Waals surface area contributed by atoms with Crippen LogP contribution >= 0.6 is 0 Å². The lowest BCUT2D eigenvalue weighted by atomic mass is 10.1. The van der Waals surface area contributed by atoms with Crippen LogP contribution in [0.2, 0.25) is 0 Å². The molecule has 0 unspecified atom stereocenters. The first kappa shape index (κ1) is 18.3. The van der Waals surface area contributed by atoms with Crippen LogP contribution in [0, 0.1) is 6.92 Å². The Balaban J connectivity index is 2.05. The van der Waals surface area contributed by atoms with Gasteiger partial charge in [-0.3, -0.25) is 14.3 Å². The van der Waals surface area contributed by atoms with E-state index >= 15 is 0 Å². The molecule has 2 aromatic heterocycles. The molecule has 7 heteroatoms. The van der Waals surface area contributed by atoms with Crippen LogP contribution in [0.4, 0.5) is 0 Å². The number of esters is 1. The summed E-state index contributed by atoms with van der Waals surface area (Å²) in [5, 5.41) is 0.166. The average molecular weight is 365 g/mol. The second kappa shape index (κ2) is 7.82. The monoisotopic (exact) mass is 365 g/mol. The maximum atomic E-state index is 12.3. The highest BCUT2D eigenvalue weighted by Gasteiger charge is 2.17. The van der Waals surface area contributed by atoms with Gasteiger partial charge in [-0.25, -0.2) is 14.6 Å². The van der Waals surface area contributed by atoms with E-state index in [4.69, 9.17) is 4.74 Å². The van der Waals surface area contributed by atoms with Crippen molar-refractivity contribution in [3.8, 4) is 0 Å². The number of hydrogen-bond donors (Lipinski definition) is 1. The van der Waals surface area contributed by atoms with Gasteiger partial charge in [0.25, 0.3) is 5.56 Å². The number of aryl methyl sites for hydroxylation is 3. The topological polar surface area (TPSA) is 94.0 Å². The Morgan fingerprint density at radius 2 is 2.04 bits per heavy atom. The lowest BCUT2D eigenvalue weighted by Crippen LogP contribution is -2.32. The standard InChI is InChI=1S/C20H19N3O4/c1-3-11-27-19(25)15-12-16-17(21-13(15)2)23(20(26)22-18(16)24)10-9-14-7-5-4-6-8-14/h3-8,12H,1,9-11H2,2H3,(H,22,24,26). The quantitative estimate of drug-likeness (QED) is 0.532. The Bertz CT molecular complexity index is 1110. The summed E-state index contributed by atoms with van der Waals surface area (Å²) in [4.78, 5) is 43.4. The van der Waals surface area contributed by atoms with Crippen molar-refractivity contribution < 1.29 is 9.53 Å². The summed E-state index contributed by atoms with van der Waals surface area (Å²) in [5.74, 6) is -0.594. The second-order valence-electron chi connectivity index (χ2n) is 6.03. The van der Waals surface area contributed by atoms with Crippen LogP contribution in [0.1, 0.15) is 21.6 Å². The number of rotatable bonds is 6. The molecule has 27 heavy (non-hydrogen) atoms. The maximum Gasteiger partial charge on any atom is 0.340 e. The van der Waals surface area contributed by atoms with E-state index in [1.807, 2.05) is 30.3 Å². The molecule has 0 fully saturated rings. The van der Waals surface area contributed by atoms with Crippen LogP contribution in [0.3, 0.4) is 0 Å². The maximum absolute atomic E-state index is 12.3. The van der Waals surface area contributed by atoms with E-state index in [2.05, 4.69) is 16.5 Å². The van der Waals surface area contributed by atoms with Crippen molar-refractivity contribution >= 4 is 17.0 Å². The van der Waals surface area contributed by atoms with Crippen LogP contribution in [-0.4, -0.2) is 27.1 Å². The van der Waals surface area contributed by atoms with Gasteiger partial charge in [-0.2, -0.15) is 0 Å². The number of carbonyl (C=O) groups is 1. The van der Waals surface area contributed by atoms with E-state index in [1.54, 1.807) is 6.92 Å². The third-order valence-electron chi connectivity index (χ3n) is 4.18. The fourth-order valence-corrected chi connectivity index (χ4v) is 2.81. The molecule has 0 bridgehead atoms. The molecular weight excluding hydrogens is 346 g/mol. The van der Waals surface area contributed by atoms with E-state index in [0.717, 1.165) is 5.56 Å². The molecule has 0 radical (unpaired) electrons. The molecule has 0 atom stereocenters. The van der Waals surface area contributed by atoms with Gasteiger partial charge in [-0.1, -0.05) is 43.0 Å². The fourth-order valence-electron chi connectivity index (χ4n) is 2.81. The molecule has 138 valence electrons. The number of hydrogen-bond acceptors (Lipinski definition) is 5. The number of aromatic nitrogens is 3. The lowest BCUT2D eigenvalue weighted by molar-refractivity contribution is 0.0548. The van der Waals surface area contributed by atoms with Gasteiger partial charge in [-0.05, 0) is 25.0 Å². The van der Waals surface area contributed by atoms with Gasteiger partial charge in [0.15, 0.2) is 0 Å². The van der Waals surface area contributed by atoms with Crippen molar-refractivity contribution in [2.24, 2.45) is 0 Å². The number of H-pyrrole nitrogens is 1. The van der Waals surface area contributed by atoms with Gasteiger partial charge < -0.3 is 4.74 Å². The Morgan fingerprint density at radius 3 is 2.74 bits per heavy atom. The Hall–Kier alpha value is -3.48. The van der Waals surface area contributed by atoms with E-state index in [9.17, 15) is 14.4 Å². The zero-order chi connectivity index (χ0) is 19.4. The van der Waals surface area contributed by atoms with Gasteiger partial charge in [0.1, 0.15) is 12.3 Å². The molecule has 0 aliphatic rings. The van der Waals surface area contributed by atoms with Gasteiger partial charge in [-0.15, -0.1) is 0 Å². The lowest BCUT2D eigenvalue weighted by Gasteiger charge is -2.11. The summed E-state index contributed by atoms with van der Waals surface area (Å²) in [6, 6.07) is 11.1. The minimum atomic E-state index is -0.594. The predicted octanol–water partition coefficient (Wildman–Crippen LogP) is 1.98. The van der Waals surface area contributed by atoms with Crippen LogP contribution < -0.4 is 11.2 Å². The predicted molar refractivity (Wildman–Crippen MR) is 102 cm³/mol. The number of aromatic amines is 1. The first-order valence-electron chi connectivity index (χ1n) is 8.47. The van der Waals surface area contributed by atoms with Crippen molar-refractivity contribution in [3.05, 3.63) is 86.7 Å². The number of pyridine rings is 1. The van der Waals surface area contributed by atoms with E-state index in [0.29, 0.717) is 18.7 Å². The summed E-state index contributed by atoms with van der Waals surface area (Å²) in [6.45, 7) is 5.54. The molecule has 1 aromatic carbocycles. The highest BCUT2D eigenvalue weighted by atomic mass is 16.5. The molecule has 0 amide bonds. The molecule has 3 aromatic rings. The molecule has 1 N–H and O–H groups in total. The van der Waals surface area contributed by atoms with Crippen LogP contribution in [0.25, 0.3) is 11.0 Å². The summed E-state index contributed by atoms with van der Waals surface area (Å²) in [5.41, 5.74) is 0.759. The van der Waals surface area contributed by atoms with Crippen LogP contribution in [0.5, 0.6) is 0 Å². The Labute approximate surface area is 155 Å². The number of nitrogens with zero attached hydrogens (tertiary/aromatic N) is 2. The van der Waals surface area contributed by atoms with E-state index in [1.165, 1.54) is 16.7 Å². The zero-order valence-electron chi connectivity index (χ0n) is 14.9. The van der Waals surface area contributed by atoms with Gasteiger partial charge >= 0.3 is 11.7 Å². The molecule has 0 aliphatic heterocycles. The highest BCUT2D eigenvalue weighted by Crippen LogP contribution is 2.14. The smallest absolute Gasteiger partial charge is 0.340 e. The van der Waals surface area contributed by atoms with Crippen molar-refractivity contribution in [1.82, 2.24) is 14.5 Å². The minimum absolute atomic E-state index is 0.0588. The molecule has 3 rings (SSSR count). The number of benzene rings is 1. The van der Waals surface area contributed by atoms with Crippen LogP contribution in [-0.2, 0) is 17.7 Å². The first-order valence-corrected chi connectivity index (χ1v) is 8.47. The Morgan fingerprint density at radius 1 is 1.30 bits per heavy atom. The number of ether oxygens (including phenoxy) is 1. The van der Waals surface area contributed by atoms with Crippen LogP contribution in [0.15, 0.2) is 58.6 Å². The zero-order valence-corrected chi connectivity index (χ0v) is 14.9. The summed E-state index contributed by atoms with van der Waals surface area (Å²) in [7, 11) is 0. The molecule has 0 aliphatic carbocycles. The van der Waals surface area contributed by atoms with Crippen molar-refractivity contribution in [3.63, 3.8) is 0 Å². The number of carbonyl (C=O) groups excluding carboxylic acids is 1. The normalized spacial score (nSPS) is 10.7. The number of fused-ring (bicyclic) bond motifs is 1. The summed E-state index contributed by atoms with van der Waals surface area (Å²) in [6.07, 6.45) is 2.06. The third kappa shape index (κ3) is 3.87. The van der Waals surface area contributed by atoms with Gasteiger partial charge in [0.2, 0.25) is 0 Å². The van der Waals surface area contributed by atoms with Crippen molar-refractivity contribution in [2.75, 3.05) is 6.61 Å².